The number of carbonyl (C=O) groups is 2. The molecule has 1 atom stereocenters. The van der Waals surface area contributed by atoms with Crippen molar-refractivity contribution in [3.05, 3.63) is 66.0 Å². The van der Waals surface area contributed by atoms with Gasteiger partial charge in [-0.15, -0.1) is 5.01 Å². The summed E-state index contributed by atoms with van der Waals surface area (Å²) in [5, 5.41) is 7.71. The Balaban J connectivity index is 1.92. The van der Waals surface area contributed by atoms with Gasteiger partial charge in [-0.2, -0.15) is 5.10 Å². The lowest BCUT2D eigenvalue weighted by Gasteiger charge is -2.24. The zero-order valence-corrected chi connectivity index (χ0v) is 12.6. The zero-order valence-electron chi connectivity index (χ0n) is 12.6. The molecule has 23 heavy (non-hydrogen) atoms. The van der Waals surface area contributed by atoms with Gasteiger partial charge in [0.15, 0.2) is 0 Å². The van der Waals surface area contributed by atoms with E-state index in [0.717, 1.165) is 16.1 Å². The maximum Gasteiger partial charge on any atom is 0.346 e. The molecule has 116 valence electrons. The molecule has 1 aliphatic rings. The Morgan fingerprint density at radius 2 is 1.87 bits per heavy atom. The highest BCUT2D eigenvalue weighted by Crippen LogP contribution is 2.32. The Morgan fingerprint density at radius 3 is 2.52 bits per heavy atom. The molecule has 0 unspecified atom stereocenters. The van der Waals surface area contributed by atoms with Gasteiger partial charge in [0.1, 0.15) is 5.54 Å². The van der Waals surface area contributed by atoms with Crippen LogP contribution in [0.1, 0.15) is 24.5 Å². The van der Waals surface area contributed by atoms with Crippen LogP contribution in [-0.2, 0) is 10.3 Å². The monoisotopic (exact) mass is 308 g/mol. The number of pyridine rings is 1. The van der Waals surface area contributed by atoms with Crippen molar-refractivity contribution in [1.29, 1.82) is 0 Å². The summed E-state index contributed by atoms with van der Waals surface area (Å²) < 4.78 is 0. The van der Waals surface area contributed by atoms with E-state index in [2.05, 4.69) is 15.4 Å². The minimum Gasteiger partial charge on any atom is -0.318 e. The third-order valence-corrected chi connectivity index (χ3v) is 3.90. The fraction of sp³-hybridized carbons (Fsp3) is 0.176. The van der Waals surface area contributed by atoms with Crippen molar-refractivity contribution >= 4 is 18.2 Å². The summed E-state index contributed by atoms with van der Waals surface area (Å²) in [6.45, 7) is 1.86. The van der Waals surface area contributed by atoms with E-state index in [0.29, 0.717) is 6.42 Å². The van der Waals surface area contributed by atoms with Crippen molar-refractivity contribution in [2.45, 2.75) is 18.9 Å². The van der Waals surface area contributed by atoms with Crippen LogP contribution in [-0.4, -0.2) is 28.1 Å². The lowest BCUT2D eigenvalue weighted by atomic mass is 9.87. The van der Waals surface area contributed by atoms with Gasteiger partial charge in [-0.25, -0.2) is 4.79 Å². The molecule has 1 saturated heterocycles. The zero-order chi connectivity index (χ0) is 16.3. The Labute approximate surface area is 133 Å². The van der Waals surface area contributed by atoms with Crippen molar-refractivity contribution in [2.75, 3.05) is 0 Å². The molecule has 0 saturated carbocycles. The van der Waals surface area contributed by atoms with Gasteiger partial charge in [0.25, 0.3) is 5.91 Å². The quantitative estimate of drug-likeness (QED) is 0.695. The van der Waals surface area contributed by atoms with Crippen LogP contribution in [0.15, 0.2) is 60.0 Å². The molecule has 0 radical (unpaired) electrons. The van der Waals surface area contributed by atoms with Gasteiger partial charge in [0, 0.05) is 12.4 Å². The number of carbonyl (C=O) groups excluding carboxylic acids is 2. The number of urea groups is 1. The highest BCUT2D eigenvalue weighted by molar-refractivity contribution is 6.07. The predicted octanol–water partition coefficient (Wildman–Crippen LogP) is 2.27. The molecule has 2 aromatic rings. The van der Waals surface area contributed by atoms with E-state index in [1.165, 1.54) is 6.21 Å². The topological polar surface area (TPSA) is 74.7 Å². The number of imide groups is 1. The first-order chi connectivity index (χ1) is 11.2. The van der Waals surface area contributed by atoms with Gasteiger partial charge in [0.05, 0.1) is 6.21 Å². The molecule has 1 aromatic heterocycles. The molecule has 3 amide bonds. The number of amides is 3. The maximum absolute atomic E-state index is 12.8. The molecular weight excluding hydrogens is 292 g/mol. The molecule has 1 fully saturated rings. The van der Waals surface area contributed by atoms with Gasteiger partial charge in [-0.05, 0) is 29.7 Å². The third kappa shape index (κ3) is 2.59. The Morgan fingerprint density at radius 1 is 1.17 bits per heavy atom. The molecule has 1 aliphatic heterocycles. The lowest BCUT2D eigenvalue weighted by Crippen LogP contribution is -2.43. The number of nitrogens with one attached hydrogen (secondary N) is 1. The first kappa shape index (κ1) is 14.9. The molecule has 0 aliphatic carbocycles. The van der Waals surface area contributed by atoms with E-state index < -0.39 is 11.6 Å². The highest BCUT2D eigenvalue weighted by atomic mass is 16.2. The predicted molar refractivity (Wildman–Crippen MR) is 85.6 cm³/mol. The average molecular weight is 308 g/mol. The number of hydrazone groups is 1. The third-order valence-electron chi connectivity index (χ3n) is 3.90. The Bertz CT molecular complexity index is 746. The largest absolute Gasteiger partial charge is 0.346 e. The SMILES string of the molecule is CC[C@]1(c2ccccc2)NC(=O)N(/N=C\c2ccncc2)C1=O. The van der Waals surface area contributed by atoms with Gasteiger partial charge in [-0.1, -0.05) is 37.3 Å². The summed E-state index contributed by atoms with van der Waals surface area (Å²) in [7, 11) is 0. The molecular formula is C17H16N4O2. The molecule has 1 aromatic carbocycles. The number of nitrogens with zero attached hydrogens (tertiary/aromatic N) is 3. The van der Waals surface area contributed by atoms with E-state index in [4.69, 9.17) is 0 Å². The van der Waals surface area contributed by atoms with Crippen molar-refractivity contribution in [2.24, 2.45) is 5.10 Å². The summed E-state index contributed by atoms with van der Waals surface area (Å²) in [5.74, 6) is -0.374. The molecule has 1 N–H and O–H groups in total. The lowest BCUT2D eigenvalue weighted by molar-refractivity contribution is -0.131. The van der Waals surface area contributed by atoms with Crippen LogP contribution in [0.2, 0.25) is 0 Å². The van der Waals surface area contributed by atoms with E-state index in [9.17, 15) is 9.59 Å². The molecule has 0 spiro atoms. The average Bonchev–Trinajstić information content (AvgIpc) is 2.86. The van der Waals surface area contributed by atoms with Gasteiger partial charge in [0.2, 0.25) is 0 Å². The smallest absolute Gasteiger partial charge is 0.318 e. The summed E-state index contributed by atoms with van der Waals surface area (Å²) >= 11 is 0. The standard InChI is InChI=1S/C17H16N4O2/c1-2-17(14-6-4-3-5-7-14)15(22)21(16(23)20-17)19-12-13-8-10-18-11-9-13/h3-12H,2H2,1H3,(H,20,23)/b19-12-/t17-/m1/s1. The van der Waals surface area contributed by atoms with Crippen molar-refractivity contribution < 1.29 is 9.59 Å². The van der Waals surface area contributed by atoms with Crippen molar-refractivity contribution in [3.63, 3.8) is 0 Å². The second-order valence-corrected chi connectivity index (χ2v) is 5.20. The fourth-order valence-corrected chi connectivity index (χ4v) is 2.60. The maximum atomic E-state index is 12.8. The summed E-state index contributed by atoms with van der Waals surface area (Å²) in [6, 6.07) is 12.2. The van der Waals surface area contributed by atoms with Crippen LogP contribution in [0.4, 0.5) is 4.79 Å². The van der Waals surface area contributed by atoms with Crippen LogP contribution < -0.4 is 5.32 Å². The number of aromatic nitrogens is 1. The van der Waals surface area contributed by atoms with Crippen LogP contribution in [0.5, 0.6) is 0 Å². The minimum atomic E-state index is -1.06. The van der Waals surface area contributed by atoms with Crippen LogP contribution in [0.25, 0.3) is 0 Å². The highest BCUT2D eigenvalue weighted by Gasteiger charge is 2.51. The summed E-state index contributed by atoms with van der Waals surface area (Å²) in [6.07, 6.45) is 5.15. The second kappa shape index (κ2) is 6.00. The molecule has 6 nitrogen and oxygen atoms in total. The van der Waals surface area contributed by atoms with E-state index in [-0.39, 0.29) is 5.91 Å². The molecule has 2 heterocycles. The Kier molecular flexibility index (Phi) is 3.89. The minimum absolute atomic E-state index is 0.374. The second-order valence-electron chi connectivity index (χ2n) is 5.20. The summed E-state index contributed by atoms with van der Waals surface area (Å²) in [5.41, 5.74) is 0.449. The van der Waals surface area contributed by atoms with Crippen LogP contribution in [0.3, 0.4) is 0 Å². The number of benzene rings is 1. The van der Waals surface area contributed by atoms with Gasteiger partial charge >= 0.3 is 6.03 Å². The van der Waals surface area contributed by atoms with E-state index >= 15 is 0 Å². The van der Waals surface area contributed by atoms with Crippen LogP contribution >= 0.6 is 0 Å². The summed E-state index contributed by atoms with van der Waals surface area (Å²) in [4.78, 5) is 28.9. The van der Waals surface area contributed by atoms with E-state index in [1.54, 1.807) is 24.5 Å². The van der Waals surface area contributed by atoms with Crippen molar-refractivity contribution in [1.82, 2.24) is 15.3 Å². The molecule has 0 bridgehead atoms. The van der Waals surface area contributed by atoms with Crippen LogP contribution in [0, 0.1) is 0 Å². The Hall–Kier alpha value is -3.02. The van der Waals surface area contributed by atoms with Gasteiger partial charge < -0.3 is 5.32 Å². The normalized spacial score (nSPS) is 21.0. The molecule has 3 rings (SSSR count). The molecule has 6 heteroatoms. The van der Waals surface area contributed by atoms with Gasteiger partial charge in [-0.3, -0.25) is 9.78 Å². The van der Waals surface area contributed by atoms with E-state index in [1.807, 2.05) is 37.3 Å². The first-order valence-corrected chi connectivity index (χ1v) is 7.33. The number of rotatable bonds is 4. The number of hydrogen-bond acceptors (Lipinski definition) is 4. The fourth-order valence-electron chi connectivity index (χ4n) is 2.60. The number of hydrogen-bond donors (Lipinski definition) is 1. The first-order valence-electron chi connectivity index (χ1n) is 7.33. The van der Waals surface area contributed by atoms with Crippen molar-refractivity contribution in [3.8, 4) is 0 Å².